The SMILES string of the molecule is O=C1C(c2ccc([N+](=O)[O-])cc2)=C(N2CCOCC2)C(=O)N1CCCN1CCOCC1. The molecule has 0 bridgehead atoms. The van der Waals surface area contributed by atoms with E-state index in [2.05, 4.69) is 4.90 Å². The number of ether oxygens (including phenoxy) is 2. The van der Waals surface area contributed by atoms with Gasteiger partial charge in [-0.15, -0.1) is 0 Å². The Balaban J connectivity index is 1.55. The maximum atomic E-state index is 13.3. The number of nitro benzene ring substituents is 1. The highest BCUT2D eigenvalue weighted by Gasteiger charge is 2.41. The Bertz CT molecular complexity index is 872. The van der Waals surface area contributed by atoms with E-state index in [0.29, 0.717) is 69.3 Å². The molecular weight excluding hydrogens is 404 g/mol. The lowest BCUT2D eigenvalue weighted by Gasteiger charge is -2.30. The van der Waals surface area contributed by atoms with E-state index in [-0.39, 0.29) is 17.5 Å². The van der Waals surface area contributed by atoms with Crippen LogP contribution in [-0.2, 0) is 19.1 Å². The van der Waals surface area contributed by atoms with Crippen LogP contribution in [0, 0.1) is 10.1 Å². The third kappa shape index (κ3) is 4.60. The normalized spacial score (nSPS) is 20.6. The molecule has 0 N–H and O–H groups in total. The molecule has 1 aromatic carbocycles. The molecule has 2 saturated heterocycles. The van der Waals surface area contributed by atoms with Gasteiger partial charge < -0.3 is 14.4 Å². The van der Waals surface area contributed by atoms with Gasteiger partial charge in [-0.05, 0) is 24.1 Å². The largest absolute Gasteiger partial charge is 0.379 e. The topological polar surface area (TPSA) is 105 Å². The zero-order valence-electron chi connectivity index (χ0n) is 17.3. The average molecular weight is 430 g/mol. The minimum absolute atomic E-state index is 0.0589. The van der Waals surface area contributed by atoms with Crippen molar-refractivity contribution in [1.82, 2.24) is 14.7 Å². The molecule has 0 spiro atoms. The number of nitro groups is 1. The number of hydrogen-bond acceptors (Lipinski definition) is 8. The second-order valence-electron chi connectivity index (χ2n) is 7.70. The van der Waals surface area contributed by atoms with E-state index < -0.39 is 4.92 Å². The first kappa shape index (κ1) is 21.4. The molecule has 0 radical (unpaired) electrons. The van der Waals surface area contributed by atoms with Crippen LogP contribution in [-0.4, -0.2) is 97.1 Å². The van der Waals surface area contributed by atoms with E-state index in [1.165, 1.54) is 29.2 Å². The molecule has 10 nitrogen and oxygen atoms in total. The van der Waals surface area contributed by atoms with E-state index >= 15 is 0 Å². The van der Waals surface area contributed by atoms with Gasteiger partial charge >= 0.3 is 0 Å². The molecule has 31 heavy (non-hydrogen) atoms. The molecule has 4 rings (SSSR count). The van der Waals surface area contributed by atoms with Crippen LogP contribution >= 0.6 is 0 Å². The molecule has 3 heterocycles. The predicted molar refractivity (Wildman–Crippen MR) is 111 cm³/mol. The number of carbonyl (C=O) groups excluding carboxylic acids is 2. The van der Waals surface area contributed by atoms with Crippen LogP contribution < -0.4 is 0 Å². The van der Waals surface area contributed by atoms with E-state index in [0.717, 1.165) is 19.6 Å². The predicted octanol–water partition coefficient (Wildman–Crippen LogP) is 0.729. The van der Waals surface area contributed by atoms with Crippen molar-refractivity contribution in [3.8, 4) is 0 Å². The van der Waals surface area contributed by atoms with Gasteiger partial charge in [-0.3, -0.25) is 29.5 Å². The number of carbonyl (C=O) groups is 2. The van der Waals surface area contributed by atoms with Crippen LogP contribution in [0.3, 0.4) is 0 Å². The highest BCUT2D eigenvalue weighted by Crippen LogP contribution is 2.33. The third-order valence-electron chi connectivity index (χ3n) is 5.80. The molecule has 10 heteroatoms. The van der Waals surface area contributed by atoms with Gasteiger partial charge in [0.15, 0.2) is 0 Å². The van der Waals surface area contributed by atoms with Gasteiger partial charge in [0.2, 0.25) is 0 Å². The first-order valence-electron chi connectivity index (χ1n) is 10.5. The fourth-order valence-corrected chi connectivity index (χ4v) is 4.13. The number of hydrogen-bond donors (Lipinski definition) is 0. The second-order valence-corrected chi connectivity index (χ2v) is 7.70. The van der Waals surface area contributed by atoms with Gasteiger partial charge in [0.05, 0.1) is 36.9 Å². The van der Waals surface area contributed by atoms with Crippen molar-refractivity contribution in [2.24, 2.45) is 0 Å². The molecule has 1 aromatic rings. The monoisotopic (exact) mass is 430 g/mol. The van der Waals surface area contributed by atoms with Crippen LogP contribution in [0.25, 0.3) is 5.57 Å². The lowest BCUT2D eigenvalue weighted by Crippen LogP contribution is -2.41. The standard InChI is InChI=1S/C21H26N4O6/c26-20-18(16-2-4-17(5-3-16)25(28)29)19(23-10-14-31-15-11-23)21(27)24(20)7-1-6-22-8-12-30-13-9-22/h2-5H,1,6-15H2. The number of imide groups is 1. The van der Waals surface area contributed by atoms with Gasteiger partial charge in [-0.2, -0.15) is 0 Å². The molecule has 0 aliphatic carbocycles. The third-order valence-corrected chi connectivity index (χ3v) is 5.80. The Morgan fingerprint density at radius 1 is 0.871 bits per heavy atom. The van der Waals surface area contributed by atoms with Crippen molar-refractivity contribution in [2.75, 3.05) is 65.7 Å². The summed E-state index contributed by atoms with van der Waals surface area (Å²) in [6, 6.07) is 5.79. The van der Waals surface area contributed by atoms with Crippen LogP contribution in [0.1, 0.15) is 12.0 Å². The lowest BCUT2D eigenvalue weighted by atomic mass is 10.0. The Morgan fingerprint density at radius 2 is 1.48 bits per heavy atom. The molecule has 3 aliphatic heterocycles. The second kappa shape index (κ2) is 9.54. The summed E-state index contributed by atoms with van der Waals surface area (Å²) in [6.07, 6.45) is 0.682. The first-order valence-corrected chi connectivity index (χ1v) is 10.5. The van der Waals surface area contributed by atoms with Gasteiger partial charge in [0, 0.05) is 51.4 Å². The van der Waals surface area contributed by atoms with Crippen molar-refractivity contribution in [1.29, 1.82) is 0 Å². The summed E-state index contributed by atoms with van der Waals surface area (Å²) in [5.74, 6) is -0.649. The Kier molecular flexibility index (Phi) is 6.59. The Labute approximate surface area is 180 Å². The minimum atomic E-state index is -0.486. The van der Waals surface area contributed by atoms with E-state index in [4.69, 9.17) is 9.47 Å². The molecule has 2 amide bonds. The molecule has 0 unspecified atom stereocenters. The Hall–Kier alpha value is -2.82. The van der Waals surface area contributed by atoms with Gasteiger partial charge in [0.1, 0.15) is 5.70 Å². The fraction of sp³-hybridized carbons (Fsp3) is 0.524. The number of rotatable bonds is 7. The zero-order chi connectivity index (χ0) is 21.8. The van der Waals surface area contributed by atoms with Gasteiger partial charge in [-0.25, -0.2) is 0 Å². The van der Waals surface area contributed by atoms with Crippen LogP contribution in [0.2, 0.25) is 0 Å². The number of non-ortho nitro benzene ring substituents is 1. The van der Waals surface area contributed by atoms with Crippen LogP contribution in [0.15, 0.2) is 30.0 Å². The zero-order valence-corrected chi connectivity index (χ0v) is 17.3. The molecule has 166 valence electrons. The summed E-state index contributed by atoms with van der Waals surface area (Å²) in [5.41, 5.74) is 1.14. The molecule has 2 fully saturated rings. The highest BCUT2D eigenvalue weighted by molar-refractivity contribution is 6.35. The molecular formula is C21H26N4O6. The van der Waals surface area contributed by atoms with Gasteiger partial charge in [-0.1, -0.05) is 0 Å². The lowest BCUT2D eigenvalue weighted by molar-refractivity contribution is -0.384. The highest BCUT2D eigenvalue weighted by atomic mass is 16.6. The summed E-state index contributed by atoms with van der Waals surface area (Å²) in [4.78, 5) is 42.5. The average Bonchev–Trinajstić information content (AvgIpc) is 3.05. The summed E-state index contributed by atoms with van der Waals surface area (Å²) >= 11 is 0. The maximum Gasteiger partial charge on any atom is 0.277 e. The number of morpholine rings is 2. The minimum Gasteiger partial charge on any atom is -0.379 e. The molecule has 3 aliphatic rings. The first-order chi connectivity index (χ1) is 15.1. The van der Waals surface area contributed by atoms with E-state index in [1.54, 1.807) is 0 Å². The van der Waals surface area contributed by atoms with Crippen molar-refractivity contribution >= 4 is 23.1 Å². The summed E-state index contributed by atoms with van der Waals surface area (Å²) in [7, 11) is 0. The Morgan fingerprint density at radius 3 is 2.10 bits per heavy atom. The quantitative estimate of drug-likeness (QED) is 0.354. The maximum absolute atomic E-state index is 13.3. The van der Waals surface area contributed by atoms with E-state index in [1.807, 2.05) is 4.90 Å². The van der Waals surface area contributed by atoms with Crippen molar-refractivity contribution < 1.29 is 24.0 Å². The number of amides is 2. The van der Waals surface area contributed by atoms with Gasteiger partial charge in [0.25, 0.3) is 17.5 Å². The number of nitrogens with zero attached hydrogens (tertiary/aromatic N) is 4. The summed E-state index contributed by atoms with van der Waals surface area (Å²) < 4.78 is 10.8. The molecule has 0 atom stereocenters. The van der Waals surface area contributed by atoms with Crippen LogP contribution in [0.5, 0.6) is 0 Å². The van der Waals surface area contributed by atoms with Crippen molar-refractivity contribution in [3.05, 3.63) is 45.6 Å². The van der Waals surface area contributed by atoms with E-state index in [9.17, 15) is 19.7 Å². The summed E-state index contributed by atoms with van der Waals surface area (Å²) in [5, 5.41) is 11.0. The number of benzene rings is 1. The molecule has 0 saturated carbocycles. The smallest absolute Gasteiger partial charge is 0.277 e. The van der Waals surface area contributed by atoms with Crippen molar-refractivity contribution in [3.63, 3.8) is 0 Å². The fourth-order valence-electron chi connectivity index (χ4n) is 4.13. The molecule has 0 aromatic heterocycles. The summed E-state index contributed by atoms with van der Waals surface area (Å²) in [6.45, 7) is 6.24. The van der Waals surface area contributed by atoms with Crippen molar-refractivity contribution in [2.45, 2.75) is 6.42 Å². The van der Waals surface area contributed by atoms with Crippen LogP contribution in [0.4, 0.5) is 5.69 Å².